The van der Waals surface area contributed by atoms with Crippen LogP contribution in [0.4, 0.5) is 11.6 Å². The number of aryl methyl sites for hydroxylation is 1. The van der Waals surface area contributed by atoms with Gasteiger partial charge in [-0.05, 0) is 6.07 Å². The maximum Gasteiger partial charge on any atom is 0.270 e. The summed E-state index contributed by atoms with van der Waals surface area (Å²) in [6.07, 6.45) is 1.27. The third-order valence-corrected chi connectivity index (χ3v) is 2.67. The van der Waals surface area contributed by atoms with Crippen molar-refractivity contribution in [3.05, 3.63) is 45.2 Å². The van der Waals surface area contributed by atoms with Crippen LogP contribution in [0.3, 0.4) is 0 Å². The Morgan fingerprint density at radius 3 is 2.84 bits per heavy atom. The zero-order valence-electron chi connectivity index (χ0n) is 9.70. The van der Waals surface area contributed by atoms with Crippen molar-refractivity contribution in [2.75, 3.05) is 5.32 Å². The highest BCUT2D eigenvalue weighted by atomic mass is 35.5. The summed E-state index contributed by atoms with van der Waals surface area (Å²) in [6, 6.07) is 3.63. The van der Waals surface area contributed by atoms with Crippen molar-refractivity contribution in [2.24, 2.45) is 7.05 Å². The molecule has 8 nitrogen and oxygen atoms in total. The number of nitrogens with zero attached hydrogens (tertiary/aromatic N) is 4. The van der Waals surface area contributed by atoms with Crippen LogP contribution in [0.1, 0.15) is 10.4 Å². The van der Waals surface area contributed by atoms with E-state index in [1.54, 1.807) is 7.05 Å². The molecule has 0 aliphatic rings. The van der Waals surface area contributed by atoms with E-state index in [2.05, 4.69) is 15.4 Å². The maximum atomic E-state index is 12.0. The number of aromatic nitrogens is 3. The van der Waals surface area contributed by atoms with Gasteiger partial charge in [-0.2, -0.15) is 10.1 Å². The topological polar surface area (TPSA) is 103 Å². The lowest BCUT2D eigenvalue weighted by Gasteiger charge is -2.05. The zero-order chi connectivity index (χ0) is 14.0. The Hall–Kier alpha value is -2.48. The lowest BCUT2D eigenvalue weighted by molar-refractivity contribution is -0.384. The van der Waals surface area contributed by atoms with Gasteiger partial charge in [0, 0.05) is 19.2 Å². The molecule has 19 heavy (non-hydrogen) atoms. The van der Waals surface area contributed by atoms with E-state index in [0.717, 1.165) is 6.07 Å². The van der Waals surface area contributed by atoms with E-state index < -0.39 is 10.8 Å². The molecule has 1 aromatic carbocycles. The van der Waals surface area contributed by atoms with Crippen LogP contribution < -0.4 is 5.32 Å². The molecule has 2 aromatic rings. The van der Waals surface area contributed by atoms with E-state index in [1.165, 1.54) is 23.1 Å². The number of carbonyl (C=O) groups is 1. The number of nitrogens with one attached hydrogen (secondary N) is 1. The second-order valence-electron chi connectivity index (χ2n) is 3.58. The van der Waals surface area contributed by atoms with E-state index >= 15 is 0 Å². The summed E-state index contributed by atoms with van der Waals surface area (Å²) in [7, 11) is 1.59. The minimum absolute atomic E-state index is 0.00105. The first kappa shape index (κ1) is 13.0. The van der Waals surface area contributed by atoms with Crippen LogP contribution in [-0.4, -0.2) is 25.6 Å². The molecule has 2 rings (SSSR count). The maximum absolute atomic E-state index is 12.0. The minimum Gasteiger partial charge on any atom is -0.291 e. The van der Waals surface area contributed by atoms with E-state index in [0.29, 0.717) is 0 Å². The van der Waals surface area contributed by atoms with Gasteiger partial charge in [-0.25, -0.2) is 4.68 Å². The molecule has 0 spiro atoms. The fourth-order valence-electron chi connectivity index (χ4n) is 1.38. The van der Waals surface area contributed by atoms with Gasteiger partial charge in [-0.15, -0.1) is 0 Å². The fourth-order valence-corrected chi connectivity index (χ4v) is 1.58. The highest BCUT2D eigenvalue weighted by molar-refractivity contribution is 6.34. The molecule has 98 valence electrons. The zero-order valence-corrected chi connectivity index (χ0v) is 10.5. The number of anilines is 1. The van der Waals surface area contributed by atoms with Crippen molar-refractivity contribution >= 4 is 29.1 Å². The SMILES string of the molecule is Cn1ncnc1NC(=O)c1cc([N+](=O)[O-])ccc1Cl. The van der Waals surface area contributed by atoms with Crippen LogP contribution in [0.2, 0.25) is 5.02 Å². The third-order valence-electron chi connectivity index (χ3n) is 2.34. The first-order valence-electron chi connectivity index (χ1n) is 5.08. The molecule has 9 heteroatoms. The molecular weight excluding hydrogens is 274 g/mol. The predicted octanol–water partition coefficient (Wildman–Crippen LogP) is 1.63. The van der Waals surface area contributed by atoms with Gasteiger partial charge in [0.1, 0.15) is 6.33 Å². The molecule has 0 saturated carbocycles. The molecule has 0 unspecified atom stereocenters. The standard InChI is InChI=1S/C10H8ClN5O3/c1-15-10(12-5-13-15)14-9(17)7-4-6(16(18)19)2-3-8(7)11/h2-5H,1H3,(H,12,13,14,17). The fraction of sp³-hybridized carbons (Fsp3) is 0.100. The van der Waals surface area contributed by atoms with Crippen LogP contribution in [0.5, 0.6) is 0 Å². The van der Waals surface area contributed by atoms with E-state index in [-0.39, 0.29) is 22.2 Å². The van der Waals surface area contributed by atoms with Crippen LogP contribution >= 0.6 is 11.6 Å². The molecule has 0 saturated heterocycles. The molecule has 0 aliphatic heterocycles. The van der Waals surface area contributed by atoms with Gasteiger partial charge in [0.25, 0.3) is 11.6 Å². The normalized spacial score (nSPS) is 10.2. The smallest absolute Gasteiger partial charge is 0.270 e. The van der Waals surface area contributed by atoms with Crippen LogP contribution in [0, 0.1) is 10.1 Å². The summed E-state index contributed by atoms with van der Waals surface area (Å²) in [5, 5.41) is 17.0. The van der Waals surface area contributed by atoms with Gasteiger partial charge in [0.05, 0.1) is 15.5 Å². The molecule has 0 atom stereocenters. The first-order chi connectivity index (χ1) is 8.99. The molecular formula is C10H8ClN5O3. The highest BCUT2D eigenvalue weighted by Crippen LogP contribution is 2.22. The second-order valence-corrected chi connectivity index (χ2v) is 3.99. The number of hydrogen-bond donors (Lipinski definition) is 1. The lowest BCUT2D eigenvalue weighted by Crippen LogP contribution is -2.16. The molecule has 1 amide bonds. The third kappa shape index (κ3) is 2.68. The number of halogens is 1. The summed E-state index contributed by atoms with van der Waals surface area (Å²) in [5.41, 5.74) is -0.216. The van der Waals surface area contributed by atoms with Gasteiger partial charge < -0.3 is 0 Å². The quantitative estimate of drug-likeness (QED) is 0.680. The van der Waals surface area contributed by atoms with Crippen molar-refractivity contribution in [1.29, 1.82) is 0 Å². The minimum atomic E-state index is -0.602. The van der Waals surface area contributed by atoms with Gasteiger partial charge in [0.2, 0.25) is 5.95 Å². The molecule has 1 N–H and O–H groups in total. The summed E-state index contributed by atoms with van der Waals surface area (Å²) >= 11 is 5.85. The van der Waals surface area contributed by atoms with Crippen LogP contribution in [-0.2, 0) is 7.05 Å². The van der Waals surface area contributed by atoms with Crippen molar-refractivity contribution in [3.8, 4) is 0 Å². The summed E-state index contributed by atoms with van der Waals surface area (Å²) in [5.74, 6) is -0.377. The van der Waals surface area contributed by atoms with E-state index in [4.69, 9.17) is 11.6 Å². The largest absolute Gasteiger partial charge is 0.291 e. The van der Waals surface area contributed by atoms with E-state index in [9.17, 15) is 14.9 Å². The Morgan fingerprint density at radius 2 is 2.26 bits per heavy atom. The van der Waals surface area contributed by atoms with Gasteiger partial charge in [0.15, 0.2) is 0 Å². The van der Waals surface area contributed by atoms with Crippen molar-refractivity contribution in [1.82, 2.24) is 14.8 Å². The Morgan fingerprint density at radius 1 is 1.53 bits per heavy atom. The lowest BCUT2D eigenvalue weighted by atomic mass is 10.2. The van der Waals surface area contributed by atoms with Crippen LogP contribution in [0.25, 0.3) is 0 Å². The number of benzene rings is 1. The van der Waals surface area contributed by atoms with Crippen molar-refractivity contribution in [2.45, 2.75) is 0 Å². The van der Waals surface area contributed by atoms with Gasteiger partial charge in [-0.3, -0.25) is 20.2 Å². The number of nitro benzene ring substituents is 1. The molecule has 1 heterocycles. The summed E-state index contributed by atoms with van der Waals surface area (Å²) in [6.45, 7) is 0. The molecule has 0 radical (unpaired) electrons. The summed E-state index contributed by atoms with van der Waals surface area (Å²) in [4.78, 5) is 25.8. The average molecular weight is 282 g/mol. The second kappa shape index (κ2) is 5.02. The summed E-state index contributed by atoms with van der Waals surface area (Å²) < 4.78 is 1.35. The predicted molar refractivity (Wildman–Crippen MR) is 67.1 cm³/mol. The Balaban J connectivity index is 2.31. The molecule has 1 aromatic heterocycles. The Labute approximate surface area is 112 Å². The number of nitro groups is 1. The monoisotopic (exact) mass is 281 g/mol. The number of rotatable bonds is 3. The van der Waals surface area contributed by atoms with Gasteiger partial charge in [-0.1, -0.05) is 11.6 Å². The van der Waals surface area contributed by atoms with Gasteiger partial charge >= 0.3 is 0 Å². The number of hydrogen-bond acceptors (Lipinski definition) is 5. The molecule has 0 fully saturated rings. The van der Waals surface area contributed by atoms with E-state index in [1.807, 2.05) is 0 Å². The number of amides is 1. The highest BCUT2D eigenvalue weighted by Gasteiger charge is 2.17. The molecule has 0 aliphatic carbocycles. The Kier molecular flexibility index (Phi) is 3.43. The van der Waals surface area contributed by atoms with Crippen LogP contribution in [0.15, 0.2) is 24.5 Å². The Bertz CT molecular complexity index is 654. The van der Waals surface area contributed by atoms with Crippen molar-refractivity contribution < 1.29 is 9.72 Å². The molecule has 0 bridgehead atoms. The first-order valence-corrected chi connectivity index (χ1v) is 5.46. The number of carbonyl (C=O) groups excluding carboxylic acids is 1. The number of non-ortho nitro benzene ring substituents is 1. The average Bonchev–Trinajstić information content (AvgIpc) is 2.75. The van der Waals surface area contributed by atoms with Crippen molar-refractivity contribution in [3.63, 3.8) is 0 Å².